The van der Waals surface area contributed by atoms with Gasteiger partial charge in [-0.15, -0.1) is 0 Å². The molecule has 0 aliphatic rings. The van der Waals surface area contributed by atoms with E-state index in [1.165, 1.54) is 37.1 Å². The van der Waals surface area contributed by atoms with Crippen molar-refractivity contribution in [2.75, 3.05) is 12.8 Å². The first kappa shape index (κ1) is 14.7. The monoisotopic (exact) mass is 311 g/mol. The molecule has 0 aliphatic carbocycles. The summed E-state index contributed by atoms with van der Waals surface area (Å²) in [6.45, 7) is 0. The largest absolute Gasteiger partial charge is 0.465 e. The Hall–Kier alpha value is -1.72. The molecule has 0 aromatic heterocycles. The van der Waals surface area contributed by atoms with Gasteiger partial charge in [0.1, 0.15) is 5.82 Å². The van der Waals surface area contributed by atoms with Crippen LogP contribution in [0.4, 0.5) is 10.1 Å². The lowest BCUT2D eigenvalue weighted by atomic mass is 10.2. The smallest absolute Gasteiger partial charge is 0.339 e. The molecule has 0 aliphatic heterocycles. The number of hydrogen-bond donors (Lipinski definition) is 1. The van der Waals surface area contributed by atoms with Crippen molar-refractivity contribution < 1.29 is 13.9 Å². The third-order valence-electron chi connectivity index (χ3n) is 2.50. The topological polar surface area (TPSA) is 52.3 Å². The van der Waals surface area contributed by atoms with E-state index in [0.29, 0.717) is 15.6 Å². The molecule has 104 valence electrons. The number of nitrogens with two attached hydrogens (primary N) is 1. The first-order valence-electron chi connectivity index (χ1n) is 5.62. The van der Waals surface area contributed by atoms with E-state index >= 15 is 0 Å². The van der Waals surface area contributed by atoms with Crippen LogP contribution in [0.15, 0.2) is 46.2 Å². The summed E-state index contributed by atoms with van der Waals surface area (Å²) < 4.78 is 17.6. The van der Waals surface area contributed by atoms with Gasteiger partial charge in [-0.05, 0) is 36.4 Å². The summed E-state index contributed by atoms with van der Waals surface area (Å²) in [6.07, 6.45) is 0. The number of rotatable bonds is 3. The maximum absolute atomic E-state index is 12.9. The summed E-state index contributed by atoms with van der Waals surface area (Å²) in [5, 5.41) is 0.347. The maximum atomic E-state index is 12.9. The molecule has 3 nitrogen and oxygen atoms in total. The summed E-state index contributed by atoms with van der Waals surface area (Å²) >= 11 is 7.38. The molecule has 0 saturated heterocycles. The van der Waals surface area contributed by atoms with Gasteiger partial charge in [-0.3, -0.25) is 0 Å². The molecule has 2 aromatic carbocycles. The predicted octanol–water partition coefficient (Wildman–Crippen LogP) is 4.00. The van der Waals surface area contributed by atoms with E-state index in [4.69, 9.17) is 22.1 Å². The fourth-order valence-corrected chi connectivity index (χ4v) is 2.86. The number of carbonyl (C=O) groups excluding carboxylic acids is 1. The van der Waals surface area contributed by atoms with Gasteiger partial charge in [0.2, 0.25) is 0 Å². The average Bonchev–Trinajstić information content (AvgIpc) is 2.42. The first-order valence-corrected chi connectivity index (χ1v) is 6.81. The number of carbonyl (C=O) groups is 1. The summed E-state index contributed by atoms with van der Waals surface area (Å²) in [4.78, 5) is 13.1. The second-order valence-corrected chi connectivity index (χ2v) is 5.42. The van der Waals surface area contributed by atoms with Crippen molar-refractivity contribution in [3.8, 4) is 0 Å². The molecule has 0 atom stereocenters. The van der Waals surface area contributed by atoms with E-state index in [1.54, 1.807) is 18.2 Å². The lowest BCUT2D eigenvalue weighted by Gasteiger charge is -2.11. The van der Waals surface area contributed by atoms with Crippen LogP contribution in [0.1, 0.15) is 10.4 Å². The van der Waals surface area contributed by atoms with Crippen LogP contribution in [-0.4, -0.2) is 13.1 Å². The van der Waals surface area contributed by atoms with Crippen LogP contribution < -0.4 is 5.73 Å². The Bertz CT molecular complexity index is 646. The minimum Gasteiger partial charge on any atom is -0.465 e. The Morgan fingerprint density at radius 1 is 1.30 bits per heavy atom. The van der Waals surface area contributed by atoms with E-state index in [1.807, 2.05) is 0 Å². The third kappa shape index (κ3) is 3.23. The van der Waals surface area contributed by atoms with E-state index in [2.05, 4.69) is 0 Å². The average molecular weight is 312 g/mol. The van der Waals surface area contributed by atoms with Crippen molar-refractivity contribution in [3.05, 3.63) is 52.8 Å². The molecule has 2 N–H and O–H groups in total. The molecule has 2 rings (SSSR count). The minimum atomic E-state index is -0.524. The van der Waals surface area contributed by atoms with Crippen LogP contribution in [0.3, 0.4) is 0 Å². The highest BCUT2D eigenvalue weighted by Crippen LogP contribution is 2.37. The van der Waals surface area contributed by atoms with E-state index < -0.39 is 5.97 Å². The van der Waals surface area contributed by atoms with Gasteiger partial charge < -0.3 is 10.5 Å². The quantitative estimate of drug-likeness (QED) is 0.687. The fourth-order valence-electron chi connectivity index (χ4n) is 1.60. The molecule has 6 heteroatoms. The number of hydrogen-bond acceptors (Lipinski definition) is 4. The van der Waals surface area contributed by atoms with Crippen LogP contribution in [0.25, 0.3) is 0 Å². The lowest BCUT2D eigenvalue weighted by molar-refractivity contribution is 0.0597. The van der Waals surface area contributed by atoms with Crippen molar-refractivity contribution in [2.45, 2.75) is 9.79 Å². The van der Waals surface area contributed by atoms with Gasteiger partial charge in [0.05, 0.1) is 17.7 Å². The molecule has 2 aromatic rings. The summed E-state index contributed by atoms with van der Waals surface area (Å²) in [5.74, 6) is -0.852. The number of ether oxygens (including phenoxy) is 1. The fraction of sp³-hybridized carbons (Fsp3) is 0.0714. The van der Waals surface area contributed by atoms with E-state index in [9.17, 15) is 9.18 Å². The van der Waals surface area contributed by atoms with Crippen LogP contribution in [0.2, 0.25) is 5.02 Å². The number of halogens is 2. The zero-order chi connectivity index (χ0) is 14.7. The zero-order valence-corrected chi connectivity index (χ0v) is 12.1. The number of anilines is 1. The normalized spacial score (nSPS) is 10.3. The highest BCUT2D eigenvalue weighted by molar-refractivity contribution is 7.99. The second kappa shape index (κ2) is 6.15. The SMILES string of the molecule is COC(=O)c1cc(N)cc(Cl)c1Sc1ccc(F)cc1. The Kier molecular flexibility index (Phi) is 4.52. The maximum Gasteiger partial charge on any atom is 0.339 e. The van der Waals surface area contributed by atoms with Crippen molar-refractivity contribution in [1.29, 1.82) is 0 Å². The van der Waals surface area contributed by atoms with Crippen LogP contribution in [-0.2, 0) is 4.74 Å². The Morgan fingerprint density at radius 2 is 1.95 bits per heavy atom. The Balaban J connectivity index is 2.44. The van der Waals surface area contributed by atoms with Gasteiger partial charge in [0.25, 0.3) is 0 Å². The number of esters is 1. The molecule has 0 saturated carbocycles. The minimum absolute atomic E-state index is 0.284. The van der Waals surface area contributed by atoms with Gasteiger partial charge in [0, 0.05) is 15.5 Å². The molecular weight excluding hydrogens is 301 g/mol. The van der Waals surface area contributed by atoms with Gasteiger partial charge >= 0.3 is 5.97 Å². The molecule has 20 heavy (non-hydrogen) atoms. The van der Waals surface area contributed by atoms with E-state index in [0.717, 1.165) is 4.90 Å². The molecule has 0 fully saturated rings. The molecule has 0 unspecified atom stereocenters. The van der Waals surface area contributed by atoms with Crippen LogP contribution >= 0.6 is 23.4 Å². The van der Waals surface area contributed by atoms with Gasteiger partial charge in [-0.2, -0.15) is 0 Å². The summed E-state index contributed by atoms with van der Waals surface area (Å²) in [7, 11) is 1.28. The third-order valence-corrected chi connectivity index (χ3v) is 4.07. The number of benzene rings is 2. The number of methoxy groups -OCH3 is 1. The van der Waals surface area contributed by atoms with Crippen LogP contribution in [0, 0.1) is 5.82 Å². The molecule has 0 amide bonds. The Labute approximate surface area is 124 Å². The summed E-state index contributed by atoms with van der Waals surface area (Å²) in [6, 6.07) is 8.95. The molecule has 0 radical (unpaired) electrons. The van der Waals surface area contributed by atoms with Gasteiger partial charge in [-0.25, -0.2) is 9.18 Å². The van der Waals surface area contributed by atoms with E-state index in [-0.39, 0.29) is 11.4 Å². The van der Waals surface area contributed by atoms with Gasteiger partial charge in [-0.1, -0.05) is 23.4 Å². The first-order chi connectivity index (χ1) is 9.51. The summed E-state index contributed by atoms with van der Waals surface area (Å²) in [5.41, 5.74) is 6.34. The van der Waals surface area contributed by atoms with Crippen molar-refractivity contribution >= 4 is 35.0 Å². The molecule has 0 spiro atoms. The van der Waals surface area contributed by atoms with Crippen molar-refractivity contribution in [2.24, 2.45) is 0 Å². The number of nitrogen functional groups attached to an aromatic ring is 1. The standard InChI is InChI=1S/C14H11ClFNO2S/c1-19-14(18)11-6-9(17)7-12(15)13(11)20-10-4-2-8(16)3-5-10/h2-7H,17H2,1H3. The molecular formula is C14H11ClFNO2S. The predicted molar refractivity (Wildman–Crippen MR) is 77.7 cm³/mol. The van der Waals surface area contributed by atoms with Gasteiger partial charge in [0.15, 0.2) is 0 Å². The highest BCUT2D eigenvalue weighted by atomic mass is 35.5. The molecule has 0 heterocycles. The second-order valence-electron chi connectivity index (χ2n) is 3.93. The Morgan fingerprint density at radius 3 is 2.55 bits per heavy atom. The van der Waals surface area contributed by atoms with Crippen molar-refractivity contribution in [3.63, 3.8) is 0 Å². The lowest BCUT2D eigenvalue weighted by Crippen LogP contribution is -2.04. The van der Waals surface area contributed by atoms with Crippen LogP contribution in [0.5, 0.6) is 0 Å². The zero-order valence-electron chi connectivity index (χ0n) is 10.5. The van der Waals surface area contributed by atoms with Crippen molar-refractivity contribution in [1.82, 2.24) is 0 Å². The highest BCUT2D eigenvalue weighted by Gasteiger charge is 2.17. The molecule has 0 bridgehead atoms.